The first-order valence-corrected chi connectivity index (χ1v) is 9.05. The van der Waals surface area contributed by atoms with Crippen LogP contribution >= 0.6 is 0 Å². The van der Waals surface area contributed by atoms with Crippen LogP contribution in [0.15, 0.2) is 66.9 Å². The summed E-state index contributed by atoms with van der Waals surface area (Å²) in [5.74, 6) is 1.86. The number of rotatable bonds is 8. The van der Waals surface area contributed by atoms with E-state index < -0.39 is 0 Å². The van der Waals surface area contributed by atoms with Crippen molar-refractivity contribution in [1.29, 1.82) is 0 Å². The zero-order chi connectivity index (χ0) is 19.8. The molecular weight excluding hydrogens is 354 g/mol. The van der Waals surface area contributed by atoms with E-state index in [1.807, 2.05) is 55.5 Å². The maximum absolute atomic E-state index is 12.6. The lowest BCUT2D eigenvalue weighted by atomic mass is 10.2. The molecule has 1 amide bonds. The number of carbonyl (C=O) groups is 1. The van der Waals surface area contributed by atoms with Crippen LogP contribution in [0.5, 0.6) is 11.5 Å². The summed E-state index contributed by atoms with van der Waals surface area (Å²) in [5, 5.41) is 6.12. The van der Waals surface area contributed by atoms with Gasteiger partial charge in [-0.3, -0.25) is 4.79 Å². The Morgan fingerprint density at radius 2 is 1.86 bits per heavy atom. The summed E-state index contributed by atoms with van der Waals surface area (Å²) in [6, 6.07) is 18.5. The molecule has 0 bridgehead atoms. The second-order valence-corrected chi connectivity index (χ2v) is 6.01. The predicted molar refractivity (Wildman–Crippen MR) is 110 cm³/mol. The van der Waals surface area contributed by atoms with Gasteiger partial charge in [-0.25, -0.2) is 4.98 Å². The fraction of sp³-hybridized carbons (Fsp3) is 0.182. The number of anilines is 2. The Balaban J connectivity index is 1.66. The van der Waals surface area contributed by atoms with Crippen LogP contribution in [0.1, 0.15) is 22.8 Å². The van der Waals surface area contributed by atoms with Crippen molar-refractivity contribution in [3.8, 4) is 11.5 Å². The molecule has 2 aromatic carbocycles. The summed E-state index contributed by atoms with van der Waals surface area (Å²) in [7, 11) is 1.64. The number of aromatic nitrogens is 1. The van der Waals surface area contributed by atoms with E-state index in [0.717, 1.165) is 11.3 Å². The third-order valence-corrected chi connectivity index (χ3v) is 4.09. The van der Waals surface area contributed by atoms with Crippen LogP contribution in [-0.4, -0.2) is 24.6 Å². The Kier molecular flexibility index (Phi) is 6.46. The molecule has 3 rings (SSSR count). The summed E-state index contributed by atoms with van der Waals surface area (Å²) in [4.78, 5) is 16.9. The van der Waals surface area contributed by atoms with Gasteiger partial charge in [0.25, 0.3) is 5.91 Å². The molecule has 0 atom stereocenters. The van der Waals surface area contributed by atoms with E-state index in [9.17, 15) is 4.79 Å². The number of hydrogen-bond acceptors (Lipinski definition) is 5. The highest BCUT2D eigenvalue weighted by Crippen LogP contribution is 2.24. The molecule has 144 valence electrons. The third kappa shape index (κ3) is 5.01. The van der Waals surface area contributed by atoms with E-state index in [4.69, 9.17) is 9.47 Å². The molecule has 0 aliphatic rings. The Bertz CT molecular complexity index is 926. The smallest absolute Gasteiger partial charge is 0.255 e. The SMILES string of the molecule is CCOc1ccccc1NC(=O)c1ccnc(NCc2ccc(OC)cc2)c1. The summed E-state index contributed by atoms with van der Waals surface area (Å²) in [5.41, 5.74) is 2.24. The lowest BCUT2D eigenvalue weighted by Gasteiger charge is -2.12. The Labute approximate surface area is 164 Å². The van der Waals surface area contributed by atoms with Crippen molar-refractivity contribution in [2.75, 3.05) is 24.4 Å². The van der Waals surface area contributed by atoms with E-state index in [1.54, 1.807) is 25.4 Å². The molecule has 1 aromatic heterocycles. The fourth-order valence-electron chi connectivity index (χ4n) is 2.65. The number of nitrogens with one attached hydrogen (secondary N) is 2. The molecule has 0 saturated heterocycles. The molecule has 6 heteroatoms. The minimum atomic E-state index is -0.220. The van der Waals surface area contributed by atoms with Crippen LogP contribution in [0.3, 0.4) is 0 Å². The molecule has 2 N–H and O–H groups in total. The lowest BCUT2D eigenvalue weighted by molar-refractivity contribution is 0.102. The zero-order valence-electron chi connectivity index (χ0n) is 15.9. The number of amides is 1. The van der Waals surface area contributed by atoms with Crippen LogP contribution in [0.25, 0.3) is 0 Å². The normalized spacial score (nSPS) is 10.2. The highest BCUT2D eigenvalue weighted by Gasteiger charge is 2.10. The Hall–Kier alpha value is -3.54. The van der Waals surface area contributed by atoms with Gasteiger partial charge in [-0.15, -0.1) is 0 Å². The summed E-state index contributed by atoms with van der Waals surface area (Å²) < 4.78 is 10.7. The quantitative estimate of drug-likeness (QED) is 0.610. The van der Waals surface area contributed by atoms with Gasteiger partial charge in [0.15, 0.2) is 0 Å². The number of ether oxygens (including phenoxy) is 2. The molecule has 0 spiro atoms. The minimum absolute atomic E-state index is 0.220. The number of pyridine rings is 1. The van der Waals surface area contributed by atoms with Gasteiger partial charge < -0.3 is 20.1 Å². The van der Waals surface area contributed by atoms with Crippen molar-refractivity contribution < 1.29 is 14.3 Å². The molecule has 1 heterocycles. The van der Waals surface area contributed by atoms with Gasteiger partial charge in [0, 0.05) is 18.3 Å². The van der Waals surface area contributed by atoms with Crippen LogP contribution in [0, 0.1) is 0 Å². The van der Waals surface area contributed by atoms with Crippen molar-refractivity contribution in [2.45, 2.75) is 13.5 Å². The van der Waals surface area contributed by atoms with Crippen LogP contribution in [0.4, 0.5) is 11.5 Å². The standard InChI is InChI=1S/C22H23N3O3/c1-3-28-20-7-5-4-6-19(20)25-22(26)17-12-13-23-21(14-17)24-15-16-8-10-18(27-2)11-9-16/h4-14H,3,15H2,1-2H3,(H,23,24)(H,25,26). The Morgan fingerprint density at radius 3 is 2.61 bits per heavy atom. The average Bonchev–Trinajstić information content (AvgIpc) is 2.74. The first kappa shape index (κ1) is 19.2. The van der Waals surface area contributed by atoms with Gasteiger partial charge in [-0.1, -0.05) is 24.3 Å². The van der Waals surface area contributed by atoms with Gasteiger partial charge >= 0.3 is 0 Å². The summed E-state index contributed by atoms with van der Waals surface area (Å²) in [6.07, 6.45) is 1.61. The molecule has 0 saturated carbocycles. The fourth-order valence-corrected chi connectivity index (χ4v) is 2.65. The van der Waals surface area contributed by atoms with Crippen molar-refractivity contribution >= 4 is 17.4 Å². The van der Waals surface area contributed by atoms with Crippen molar-refractivity contribution in [3.05, 3.63) is 78.0 Å². The second-order valence-electron chi connectivity index (χ2n) is 6.01. The van der Waals surface area contributed by atoms with E-state index in [2.05, 4.69) is 15.6 Å². The van der Waals surface area contributed by atoms with Gasteiger partial charge in [0.2, 0.25) is 0 Å². The zero-order valence-corrected chi connectivity index (χ0v) is 15.9. The molecular formula is C22H23N3O3. The second kappa shape index (κ2) is 9.41. The number of benzene rings is 2. The largest absolute Gasteiger partial charge is 0.497 e. The molecule has 3 aromatic rings. The average molecular weight is 377 g/mol. The number of nitrogens with zero attached hydrogens (tertiary/aromatic N) is 1. The number of methoxy groups -OCH3 is 1. The lowest BCUT2D eigenvalue weighted by Crippen LogP contribution is -2.13. The summed E-state index contributed by atoms with van der Waals surface area (Å²) >= 11 is 0. The molecule has 28 heavy (non-hydrogen) atoms. The highest BCUT2D eigenvalue weighted by molar-refractivity contribution is 6.05. The molecule has 0 fully saturated rings. The van der Waals surface area contributed by atoms with E-state index in [0.29, 0.717) is 36.0 Å². The highest BCUT2D eigenvalue weighted by atomic mass is 16.5. The predicted octanol–water partition coefficient (Wildman–Crippen LogP) is 4.35. The molecule has 0 aliphatic carbocycles. The number of carbonyl (C=O) groups excluding carboxylic acids is 1. The molecule has 0 unspecified atom stereocenters. The maximum atomic E-state index is 12.6. The first-order chi connectivity index (χ1) is 13.7. The van der Waals surface area contributed by atoms with E-state index >= 15 is 0 Å². The monoisotopic (exact) mass is 377 g/mol. The van der Waals surface area contributed by atoms with Crippen LogP contribution < -0.4 is 20.1 Å². The number of hydrogen-bond donors (Lipinski definition) is 2. The topological polar surface area (TPSA) is 72.5 Å². The molecule has 0 radical (unpaired) electrons. The maximum Gasteiger partial charge on any atom is 0.255 e. The first-order valence-electron chi connectivity index (χ1n) is 9.05. The minimum Gasteiger partial charge on any atom is -0.497 e. The van der Waals surface area contributed by atoms with Crippen molar-refractivity contribution in [2.24, 2.45) is 0 Å². The van der Waals surface area contributed by atoms with Gasteiger partial charge in [0.1, 0.15) is 17.3 Å². The van der Waals surface area contributed by atoms with Crippen LogP contribution in [-0.2, 0) is 6.54 Å². The van der Waals surface area contributed by atoms with E-state index in [-0.39, 0.29) is 5.91 Å². The van der Waals surface area contributed by atoms with Crippen molar-refractivity contribution in [3.63, 3.8) is 0 Å². The number of para-hydroxylation sites is 2. The van der Waals surface area contributed by atoms with Crippen molar-refractivity contribution in [1.82, 2.24) is 4.98 Å². The Morgan fingerprint density at radius 1 is 1.07 bits per heavy atom. The van der Waals surface area contributed by atoms with Gasteiger partial charge in [-0.2, -0.15) is 0 Å². The molecule has 6 nitrogen and oxygen atoms in total. The van der Waals surface area contributed by atoms with Gasteiger partial charge in [-0.05, 0) is 48.9 Å². The third-order valence-electron chi connectivity index (χ3n) is 4.09. The summed E-state index contributed by atoms with van der Waals surface area (Å²) in [6.45, 7) is 3.03. The van der Waals surface area contributed by atoms with Gasteiger partial charge in [0.05, 0.1) is 19.4 Å². The van der Waals surface area contributed by atoms with Crippen LogP contribution in [0.2, 0.25) is 0 Å². The van der Waals surface area contributed by atoms with E-state index in [1.165, 1.54) is 0 Å². The molecule has 0 aliphatic heterocycles.